The molecule has 0 aromatic heterocycles. The van der Waals surface area contributed by atoms with Gasteiger partial charge in [0, 0.05) is 5.56 Å². The minimum atomic E-state index is -0.298. The van der Waals surface area contributed by atoms with E-state index in [0.717, 1.165) is 5.56 Å². The van der Waals surface area contributed by atoms with E-state index < -0.39 is 0 Å². The molecule has 0 saturated carbocycles. The van der Waals surface area contributed by atoms with E-state index in [4.69, 9.17) is 0 Å². The first-order chi connectivity index (χ1) is 6.33. The van der Waals surface area contributed by atoms with Crippen LogP contribution < -0.4 is 29.6 Å². The summed E-state index contributed by atoms with van der Waals surface area (Å²) in [5, 5.41) is 12.9. The van der Waals surface area contributed by atoms with E-state index in [0.29, 0.717) is 5.56 Å². The third-order valence-electron chi connectivity index (χ3n) is 1.96. The maximum Gasteiger partial charge on any atom is 1.00 e. The molecular formula is C10H6NNaO2. The molecule has 0 amide bonds. The van der Waals surface area contributed by atoms with Crippen LogP contribution >= 0.6 is 0 Å². The molecule has 1 aliphatic carbocycles. The van der Waals surface area contributed by atoms with Gasteiger partial charge >= 0.3 is 29.6 Å². The molecule has 1 aromatic carbocycles. The van der Waals surface area contributed by atoms with Crippen LogP contribution in [0.2, 0.25) is 0 Å². The predicted octanol–water partition coefficient (Wildman–Crippen LogP) is -1.16. The molecule has 1 aromatic rings. The van der Waals surface area contributed by atoms with Gasteiger partial charge in [-0.2, -0.15) is 0 Å². The molecule has 0 heterocycles. The first-order valence-corrected chi connectivity index (χ1v) is 3.85. The van der Waals surface area contributed by atoms with Crippen molar-refractivity contribution in [1.82, 2.24) is 0 Å². The van der Waals surface area contributed by atoms with Gasteiger partial charge in [-0.1, -0.05) is 30.3 Å². The van der Waals surface area contributed by atoms with Crippen LogP contribution in [0.4, 0.5) is 0 Å². The number of carbonyl (C=O) groups is 1. The summed E-state index contributed by atoms with van der Waals surface area (Å²) in [5.41, 5.74) is 1.35. The maximum atomic E-state index is 11.5. The molecule has 3 nitrogen and oxygen atoms in total. The molecule has 4 heteroatoms. The number of hydrogen-bond donors (Lipinski definition) is 0. The van der Waals surface area contributed by atoms with Crippen LogP contribution in [0.5, 0.6) is 0 Å². The molecule has 0 bridgehead atoms. The zero-order chi connectivity index (χ0) is 9.26. The number of carbonyl (C=O) groups excluding carboxylic acids is 1. The largest absolute Gasteiger partial charge is 1.00 e. The Balaban J connectivity index is 0.000000980. The van der Waals surface area contributed by atoms with Crippen LogP contribution in [0.25, 0.3) is 6.08 Å². The number of fused-ring (bicyclic) bond motifs is 1. The third kappa shape index (κ3) is 1.80. The van der Waals surface area contributed by atoms with Gasteiger partial charge in [0.05, 0.1) is 0 Å². The number of rotatable bonds is 0. The Kier molecular flexibility index (Phi) is 3.63. The van der Waals surface area contributed by atoms with Crippen molar-refractivity contribution in [1.29, 1.82) is 0 Å². The molecule has 0 aliphatic heterocycles. The van der Waals surface area contributed by atoms with E-state index in [1.54, 1.807) is 18.2 Å². The Morgan fingerprint density at radius 3 is 2.57 bits per heavy atom. The SMILES string of the molecule is O=C1/C(=N/[O-])C=Cc2ccccc21.[Na+]. The van der Waals surface area contributed by atoms with E-state index in [2.05, 4.69) is 5.16 Å². The van der Waals surface area contributed by atoms with E-state index in [1.165, 1.54) is 6.08 Å². The summed E-state index contributed by atoms with van der Waals surface area (Å²) in [6, 6.07) is 7.12. The van der Waals surface area contributed by atoms with Crippen molar-refractivity contribution in [2.45, 2.75) is 0 Å². The predicted molar refractivity (Wildman–Crippen MR) is 50.6 cm³/mol. The van der Waals surface area contributed by atoms with Gasteiger partial charge in [0.25, 0.3) is 0 Å². The van der Waals surface area contributed by atoms with Crippen molar-refractivity contribution in [2.75, 3.05) is 0 Å². The molecule has 2 rings (SSSR count). The summed E-state index contributed by atoms with van der Waals surface area (Å²) in [5.74, 6) is -0.298. The molecule has 64 valence electrons. The standard InChI is InChI=1S/C10H7NO2.Na/c12-10-8-4-2-1-3-7(8)5-6-9(10)11-13;/h1-6,13H;/q;+1/p-1/b11-9+;. The summed E-state index contributed by atoms with van der Waals surface area (Å²) >= 11 is 0. The number of hydrogen-bond acceptors (Lipinski definition) is 3. The van der Waals surface area contributed by atoms with Crippen molar-refractivity contribution in [2.24, 2.45) is 5.16 Å². The van der Waals surface area contributed by atoms with Crippen LogP contribution in [-0.4, -0.2) is 11.5 Å². The van der Waals surface area contributed by atoms with Gasteiger partial charge in [0.15, 0.2) is 0 Å². The summed E-state index contributed by atoms with van der Waals surface area (Å²) < 4.78 is 0. The van der Waals surface area contributed by atoms with Crippen LogP contribution in [0, 0.1) is 5.21 Å². The van der Waals surface area contributed by atoms with Gasteiger partial charge in [-0.25, -0.2) is 0 Å². The number of allylic oxidation sites excluding steroid dienone is 1. The van der Waals surface area contributed by atoms with Crippen LogP contribution in [0.15, 0.2) is 35.5 Å². The monoisotopic (exact) mass is 195 g/mol. The quantitative estimate of drug-likeness (QED) is 0.387. The Morgan fingerprint density at radius 1 is 1.14 bits per heavy atom. The fourth-order valence-electron chi connectivity index (χ4n) is 1.30. The summed E-state index contributed by atoms with van der Waals surface area (Å²) in [6.45, 7) is 0. The summed E-state index contributed by atoms with van der Waals surface area (Å²) in [6.07, 6.45) is 3.16. The van der Waals surface area contributed by atoms with Crippen molar-refractivity contribution in [3.63, 3.8) is 0 Å². The molecule has 0 N–H and O–H groups in total. The summed E-state index contributed by atoms with van der Waals surface area (Å²) in [4.78, 5) is 11.5. The second-order valence-electron chi connectivity index (χ2n) is 2.73. The third-order valence-corrected chi connectivity index (χ3v) is 1.96. The van der Waals surface area contributed by atoms with Crippen LogP contribution in [-0.2, 0) is 0 Å². The first-order valence-electron chi connectivity index (χ1n) is 3.85. The number of nitrogens with zero attached hydrogens (tertiary/aromatic N) is 1. The van der Waals surface area contributed by atoms with Gasteiger partial charge in [-0.3, -0.25) is 4.79 Å². The van der Waals surface area contributed by atoms with Crippen molar-refractivity contribution >= 4 is 17.6 Å². The zero-order valence-electron chi connectivity index (χ0n) is 7.73. The smallest absolute Gasteiger partial charge is 0.791 e. The van der Waals surface area contributed by atoms with Gasteiger partial charge in [-0.05, 0) is 11.6 Å². The van der Waals surface area contributed by atoms with Gasteiger partial charge in [-0.15, -0.1) is 0 Å². The molecule has 0 fully saturated rings. The number of benzene rings is 1. The fraction of sp³-hybridized carbons (Fsp3) is 0. The van der Waals surface area contributed by atoms with Gasteiger partial charge < -0.3 is 10.4 Å². The number of Topliss-reactive ketones (excluding diaryl/α,β-unsaturated/α-hetero) is 1. The zero-order valence-corrected chi connectivity index (χ0v) is 9.73. The van der Waals surface area contributed by atoms with E-state index >= 15 is 0 Å². The first kappa shape index (κ1) is 11.2. The Labute approximate surface area is 103 Å². The second-order valence-corrected chi connectivity index (χ2v) is 2.73. The van der Waals surface area contributed by atoms with Crippen molar-refractivity contribution in [3.8, 4) is 0 Å². The van der Waals surface area contributed by atoms with Crippen molar-refractivity contribution < 1.29 is 34.4 Å². The van der Waals surface area contributed by atoms with Crippen molar-refractivity contribution in [3.05, 3.63) is 46.7 Å². The van der Waals surface area contributed by atoms with Gasteiger partial charge in [0.2, 0.25) is 5.78 Å². The van der Waals surface area contributed by atoms with Crippen LogP contribution in [0.1, 0.15) is 15.9 Å². The molecule has 0 radical (unpaired) electrons. The van der Waals surface area contributed by atoms with Crippen LogP contribution in [0.3, 0.4) is 0 Å². The Bertz CT molecular complexity index is 424. The minimum absolute atomic E-state index is 0. The molecule has 1 aliphatic rings. The Morgan fingerprint density at radius 2 is 1.86 bits per heavy atom. The molecule has 0 spiro atoms. The molecule has 14 heavy (non-hydrogen) atoms. The van der Waals surface area contributed by atoms with E-state index in [-0.39, 0.29) is 41.1 Å². The molecule has 0 unspecified atom stereocenters. The average molecular weight is 195 g/mol. The topological polar surface area (TPSA) is 52.5 Å². The average Bonchev–Trinajstić information content (AvgIpc) is 2.19. The maximum absolute atomic E-state index is 11.5. The van der Waals surface area contributed by atoms with E-state index in [1.807, 2.05) is 12.1 Å². The fourth-order valence-corrected chi connectivity index (χ4v) is 1.30. The minimum Gasteiger partial charge on any atom is -0.791 e. The van der Waals surface area contributed by atoms with E-state index in [9.17, 15) is 10.0 Å². The normalized spacial score (nSPS) is 16.3. The van der Waals surface area contributed by atoms with Gasteiger partial charge in [0.1, 0.15) is 5.71 Å². The second kappa shape index (κ2) is 4.55. The number of ketones is 1. The molecule has 0 saturated heterocycles. The molecule has 0 atom stereocenters. The Hall–Kier alpha value is -0.900. The summed E-state index contributed by atoms with van der Waals surface area (Å²) in [7, 11) is 0. The molecular weight excluding hydrogens is 189 g/mol.